The van der Waals surface area contributed by atoms with Gasteiger partial charge in [-0.15, -0.1) is 0 Å². The van der Waals surface area contributed by atoms with Crippen molar-refractivity contribution in [2.45, 2.75) is 0 Å². The van der Waals surface area contributed by atoms with Crippen molar-refractivity contribution in [3.05, 3.63) is 12.3 Å². The van der Waals surface area contributed by atoms with Gasteiger partial charge in [0.25, 0.3) is 5.91 Å². The first-order valence-corrected chi connectivity index (χ1v) is 2.42. The predicted molar refractivity (Wildman–Crippen MR) is 26.0 cm³/mol. The first-order valence-electron chi connectivity index (χ1n) is 1.68. The normalized spacial score (nSPS) is 18.0. The summed E-state index contributed by atoms with van der Waals surface area (Å²) in [4.78, 5) is 10.2. The minimum Gasteiger partial charge on any atom is -0.413 e. The van der Waals surface area contributed by atoms with Crippen LogP contribution in [0, 0.1) is 0 Å². The molecule has 38 valence electrons. The Morgan fingerprint density at radius 1 is 1.86 bits per heavy atom. The van der Waals surface area contributed by atoms with E-state index in [0.29, 0.717) is 0 Å². The maximum Gasteiger partial charge on any atom is 0.259 e. The Bertz CT molecular complexity index is 112. The summed E-state index contributed by atoms with van der Waals surface area (Å²) in [6.07, 6.45) is 2.65. The maximum absolute atomic E-state index is 10.2. The van der Waals surface area contributed by atoms with Crippen LogP contribution >= 0.6 is 12.2 Å². The Labute approximate surface area is 45.1 Å². The Morgan fingerprint density at radius 3 is 3.00 bits per heavy atom. The molecule has 1 N–H and O–H groups in total. The van der Waals surface area contributed by atoms with Gasteiger partial charge in [0, 0.05) is 6.08 Å². The molecule has 1 aliphatic rings. The van der Waals surface area contributed by atoms with E-state index in [1.807, 2.05) is 0 Å². The van der Waals surface area contributed by atoms with Crippen LogP contribution in [0.1, 0.15) is 0 Å². The van der Waals surface area contributed by atoms with E-state index < -0.39 is 0 Å². The summed E-state index contributed by atoms with van der Waals surface area (Å²) < 4.78 is 6.89. The fraction of sp³-hybridized carbons (Fsp3) is 0. The molecule has 0 aromatic heterocycles. The van der Waals surface area contributed by atoms with Crippen LogP contribution in [0.25, 0.3) is 0 Å². The lowest BCUT2D eigenvalue weighted by Gasteiger charge is -2.01. The fourth-order valence-corrected chi connectivity index (χ4v) is 0.526. The summed E-state index contributed by atoms with van der Waals surface area (Å²) in [5, 5.41) is 0. The van der Waals surface area contributed by atoms with E-state index in [2.05, 4.69) is 8.91 Å². The van der Waals surface area contributed by atoms with Gasteiger partial charge in [-0.1, -0.05) is 0 Å². The van der Waals surface area contributed by atoms with Crippen molar-refractivity contribution >= 4 is 18.1 Å². The summed E-state index contributed by atoms with van der Waals surface area (Å²) in [5.41, 5.74) is 0. The molecule has 1 aliphatic heterocycles. The van der Waals surface area contributed by atoms with Crippen LogP contribution in [-0.2, 0) is 8.98 Å². The molecule has 0 spiro atoms. The van der Waals surface area contributed by atoms with Gasteiger partial charge in [0.1, 0.15) is 6.26 Å². The second-order valence-electron chi connectivity index (χ2n) is 0.949. The van der Waals surface area contributed by atoms with Crippen molar-refractivity contribution in [1.82, 2.24) is 4.72 Å². The summed E-state index contributed by atoms with van der Waals surface area (Å²) in [6.45, 7) is 0. The molecule has 0 bridgehead atoms. The molecule has 0 unspecified atom stereocenters. The lowest BCUT2D eigenvalue weighted by atomic mass is 10.6. The van der Waals surface area contributed by atoms with Crippen LogP contribution in [0.15, 0.2) is 12.3 Å². The third-order valence-corrected chi connectivity index (χ3v) is 0.957. The Hall–Kier alpha value is -0.640. The number of hydrogen-bond acceptors (Lipinski definition) is 3. The highest BCUT2D eigenvalue weighted by atomic mass is 32.2. The molecule has 1 amide bonds. The first kappa shape index (κ1) is 4.52. The highest BCUT2D eigenvalue weighted by molar-refractivity contribution is 7.93. The minimum absolute atomic E-state index is 0.128. The topological polar surface area (TPSA) is 38.3 Å². The van der Waals surface area contributed by atoms with Gasteiger partial charge in [-0.2, -0.15) is 0 Å². The van der Waals surface area contributed by atoms with Crippen molar-refractivity contribution in [3.8, 4) is 0 Å². The monoisotopic (exact) mass is 117 g/mol. The molecule has 0 radical (unpaired) electrons. The number of amides is 1. The lowest BCUT2D eigenvalue weighted by molar-refractivity contribution is -0.115. The van der Waals surface area contributed by atoms with E-state index in [4.69, 9.17) is 0 Å². The molecule has 0 aromatic rings. The Morgan fingerprint density at radius 2 is 2.71 bits per heavy atom. The van der Waals surface area contributed by atoms with Gasteiger partial charge in [-0.25, -0.2) is 0 Å². The summed E-state index contributed by atoms with van der Waals surface area (Å²) in [7, 11) is 0. The van der Waals surface area contributed by atoms with Crippen LogP contribution in [0.2, 0.25) is 0 Å². The van der Waals surface area contributed by atoms with Gasteiger partial charge in [-0.05, 0) is 0 Å². The Kier molecular flexibility index (Phi) is 1.21. The molecule has 0 aliphatic carbocycles. The Balaban J connectivity index is 2.51. The van der Waals surface area contributed by atoms with Crippen LogP contribution in [0.4, 0.5) is 0 Å². The zero-order valence-corrected chi connectivity index (χ0v) is 4.20. The maximum atomic E-state index is 10.2. The van der Waals surface area contributed by atoms with E-state index in [9.17, 15) is 4.79 Å². The molecule has 7 heavy (non-hydrogen) atoms. The standard InChI is InChI=1S/C3H3NO2S/c5-3-1-2-6-7-4-3/h1-2H,(H,4,5). The molecule has 0 atom stereocenters. The van der Waals surface area contributed by atoms with Crippen molar-refractivity contribution < 1.29 is 8.98 Å². The van der Waals surface area contributed by atoms with Gasteiger partial charge in [0.2, 0.25) is 0 Å². The first-order chi connectivity index (χ1) is 3.39. The zero-order chi connectivity index (χ0) is 5.11. The summed E-state index contributed by atoms with van der Waals surface area (Å²) in [6, 6.07) is 0. The van der Waals surface area contributed by atoms with Crippen molar-refractivity contribution in [1.29, 1.82) is 0 Å². The third-order valence-electron chi connectivity index (χ3n) is 0.465. The van der Waals surface area contributed by atoms with Crippen LogP contribution in [0.5, 0.6) is 0 Å². The number of carbonyl (C=O) groups is 1. The van der Waals surface area contributed by atoms with Crippen LogP contribution < -0.4 is 4.72 Å². The molecular formula is C3H3NO2S. The molecule has 0 saturated heterocycles. The van der Waals surface area contributed by atoms with Crippen molar-refractivity contribution in [2.24, 2.45) is 0 Å². The minimum atomic E-state index is -0.128. The molecule has 0 aromatic carbocycles. The molecule has 1 heterocycles. The molecule has 1 rings (SSSR count). The van der Waals surface area contributed by atoms with Gasteiger partial charge in [0.05, 0.1) is 0 Å². The number of nitrogens with one attached hydrogen (secondary N) is 1. The molecule has 4 heteroatoms. The lowest BCUT2D eigenvalue weighted by Crippen LogP contribution is -2.14. The number of carbonyl (C=O) groups excluding carboxylic acids is 1. The van der Waals surface area contributed by atoms with Crippen molar-refractivity contribution in [3.63, 3.8) is 0 Å². The van der Waals surface area contributed by atoms with Gasteiger partial charge < -0.3 is 4.18 Å². The largest absolute Gasteiger partial charge is 0.413 e. The summed E-state index contributed by atoms with van der Waals surface area (Å²) >= 11 is 0.917. The van der Waals surface area contributed by atoms with Gasteiger partial charge >= 0.3 is 0 Å². The number of hydrogen-bond donors (Lipinski definition) is 1. The van der Waals surface area contributed by atoms with E-state index in [0.717, 1.165) is 12.2 Å². The fourth-order valence-electron chi connectivity index (χ4n) is 0.216. The van der Waals surface area contributed by atoms with E-state index in [1.165, 1.54) is 12.3 Å². The van der Waals surface area contributed by atoms with E-state index in [-0.39, 0.29) is 5.91 Å². The SMILES string of the molecule is O=C1C=COSN1. The van der Waals surface area contributed by atoms with E-state index >= 15 is 0 Å². The molecule has 0 saturated carbocycles. The predicted octanol–water partition coefficient (Wildman–Crippen LogP) is 0.210. The smallest absolute Gasteiger partial charge is 0.259 e. The zero-order valence-electron chi connectivity index (χ0n) is 3.38. The second-order valence-corrected chi connectivity index (χ2v) is 1.51. The number of rotatable bonds is 0. The third kappa shape index (κ3) is 1.12. The molecule has 0 fully saturated rings. The van der Waals surface area contributed by atoms with Gasteiger partial charge in [-0.3, -0.25) is 9.52 Å². The van der Waals surface area contributed by atoms with Crippen LogP contribution in [0.3, 0.4) is 0 Å². The average molecular weight is 117 g/mol. The quantitative estimate of drug-likeness (QED) is 0.364. The molecule has 3 nitrogen and oxygen atoms in total. The average Bonchev–Trinajstić information content (AvgIpc) is 1.69. The second kappa shape index (κ2) is 1.88. The van der Waals surface area contributed by atoms with Crippen LogP contribution in [-0.4, -0.2) is 5.91 Å². The van der Waals surface area contributed by atoms with Gasteiger partial charge in [0.15, 0.2) is 12.2 Å². The highest BCUT2D eigenvalue weighted by Crippen LogP contribution is 2.01. The molecular weight excluding hydrogens is 114 g/mol. The highest BCUT2D eigenvalue weighted by Gasteiger charge is 1.98. The van der Waals surface area contributed by atoms with Crippen molar-refractivity contribution in [2.75, 3.05) is 0 Å². The summed E-state index contributed by atoms with van der Waals surface area (Å²) in [5.74, 6) is -0.128. The van der Waals surface area contributed by atoms with E-state index in [1.54, 1.807) is 0 Å².